The van der Waals surface area contributed by atoms with Crippen molar-refractivity contribution in [2.24, 2.45) is 5.73 Å². The highest BCUT2D eigenvalue weighted by Crippen LogP contribution is 2.31. The number of hydrogen-bond donors (Lipinski definition) is 1. The van der Waals surface area contributed by atoms with E-state index < -0.39 is 0 Å². The zero-order valence-corrected chi connectivity index (χ0v) is 8.85. The lowest BCUT2D eigenvalue weighted by molar-refractivity contribution is 0.108. The van der Waals surface area contributed by atoms with E-state index >= 15 is 0 Å². The number of imidazole rings is 1. The van der Waals surface area contributed by atoms with Crippen molar-refractivity contribution in [1.82, 2.24) is 9.55 Å². The Morgan fingerprint density at radius 3 is 3.20 bits per heavy atom. The van der Waals surface area contributed by atoms with Gasteiger partial charge in [0.15, 0.2) is 0 Å². The highest BCUT2D eigenvalue weighted by molar-refractivity contribution is 5.19. The molecule has 3 heterocycles. The first kappa shape index (κ1) is 9.36. The van der Waals surface area contributed by atoms with Gasteiger partial charge in [-0.3, -0.25) is 0 Å². The van der Waals surface area contributed by atoms with Crippen LogP contribution < -0.4 is 5.73 Å². The molecule has 0 aromatic carbocycles. The van der Waals surface area contributed by atoms with Crippen LogP contribution in [-0.4, -0.2) is 22.2 Å². The van der Waals surface area contributed by atoms with Crippen molar-refractivity contribution >= 4 is 0 Å². The molecule has 2 unspecified atom stereocenters. The van der Waals surface area contributed by atoms with Crippen LogP contribution in [0.3, 0.4) is 0 Å². The van der Waals surface area contributed by atoms with E-state index in [0.717, 1.165) is 44.5 Å². The summed E-state index contributed by atoms with van der Waals surface area (Å²) in [5.41, 5.74) is 8.44. The lowest BCUT2D eigenvalue weighted by Crippen LogP contribution is -2.31. The second-order valence-electron chi connectivity index (χ2n) is 4.52. The summed E-state index contributed by atoms with van der Waals surface area (Å²) in [5, 5.41) is 0. The smallest absolute Gasteiger partial charge is 0.101 e. The van der Waals surface area contributed by atoms with Crippen LogP contribution in [0.15, 0.2) is 6.33 Å². The van der Waals surface area contributed by atoms with Gasteiger partial charge in [-0.25, -0.2) is 4.98 Å². The monoisotopic (exact) mass is 207 g/mol. The van der Waals surface area contributed by atoms with Gasteiger partial charge < -0.3 is 15.0 Å². The van der Waals surface area contributed by atoms with Gasteiger partial charge in [0.25, 0.3) is 0 Å². The van der Waals surface area contributed by atoms with Crippen LogP contribution in [0.25, 0.3) is 0 Å². The standard InChI is InChI=1S/C11H17N3O/c12-8-3-4-14-7-13-11(9(14)6-8)10-2-1-5-15-10/h7-8,10H,1-6,12H2. The number of nitrogens with zero attached hydrogens (tertiary/aromatic N) is 2. The summed E-state index contributed by atoms with van der Waals surface area (Å²) in [6.45, 7) is 1.89. The summed E-state index contributed by atoms with van der Waals surface area (Å²) in [7, 11) is 0. The van der Waals surface area contributed by atoms with Crippen LogP contribution in [0, 0.1) is 0 Å². The Hall–Kier alpha value is -0.870. The highest BCUT2D eigenvalue weighted by Gasteiger charge is 2.27. The Bertz CT molecular complexity index is 355. The molecule has 2 atom stereocenters. The zero-order valence-electron chi connectivity index (χ0n) is 8.85. The van der Waals surface area contributed by atoms with E-state index in [1.807, 2.05) is 6.33 Å². The first-order valence-electron chi connectivity index (χ1n) is 5.75. The van der Waals surface area contributed by atoms with Crippen molar-refractivity contribution in [1.29, 1.82) is 0 Å². The molecule has 15 heavy (non-hydrogen) atoms. The van der Waals surface area contributed by atoms with Gasteiger partial charge in [-0.05, 0) is 19.3 Å². The number of rotatable bonds is 1. The van der Waals surface area contributed by atoms with Gasteiger partial charge in [-0.15, -0.1) is 0 Å². The minimum Gasteiger partial charge on any atom is -0.372 e. The van der Waals surface area contributed by atoms with Crippen LogP contribution in [-0.2, 0) is 17.7 Å². The summed E-state index contributed by atoms with van der Waals surface area (Å²) >= 11 is 0. The number of ether oxygens (including phenoxy) is 1. The molecular weight excluding hydrogens is 190 g/mol. The van der Waals surface area contributed by atoms with Crippen LogP contribution >= 0.6 is 0 Å². The fraction of sp³-hybridized carbons (Fsp3) is 0.727. The van der Waals surface area contributed by atoms with Crippen molar-refractivity contribution < 1.29 is 4.74 Å². The molecule has 1 aromatic heterocycles. The SMILES string of the molecule is NC1CCn2cnc(C3CCCO3)c2C1. The lowest BCUT2D eigenvalue weighted by atomic mass is 10.0. The van der Waals surface area contributed by atoms with Crippen LogP contribution in [0.1, 0.15) is 36.8 Å². The maximum atomic E-state index is 5.99. The van der Waals surface area contributed by atoms with Crippen molar-refractivity contribution in [3.63, 3.8) is 0 Å². The van der Waals surface area contributed by atoms with Gasteiger partial charge in [-0.1, -0.05) is 0 Å². The van der Waals surface area contributed by atoms with Crippen LogP contribution in [0.5, 0.6) is 0 Å². The minimum absolute atomic E-state index is 0.228. The normalized spacial score (nSPS) is 30.5. The predicted molar refractivity (Wildman–Crippen MR) is 56.5 cm³/mol. The molecule has 3 rings (SSSR count). The van der Waals surface area contributed by atoms with E-state index in [1.54, 1.807) is 0 Å². The molecule has 2 aliphatic rings. The lowest BCUT2D eigenvalue weighted by Gasteiger charge is -2.22. The molecule has 0 amide bonds. The summed E-state index contributed by atoms with van der Waals surface area (Å²) in [6, 6.07) is 0.300. The molecule has 4 heteroatoms. The Kier molecular flexibility index (Phi) is 2.25. The van der Waals surface area contributed by atoms with Crippen LogP contribution in [0.4, 0.5) is 0 Å². The molecule has 0 saturated carbocycles. The third-order valence-corrected chi connectivity index (χ3v) is 3.41. The first-order valence-corrected chi connectivity index (χ1v) is 5.75. The molecule has 0 spiro atoms. The fourth-order valence-electron chi connectivity index (χ4n) is 2.56. The number of hydrogen-bond acceptors (Lipinski definition) is 3. The average Bonchev–Trinajstić information content (AvgIpc) is 2.83. The van der Waals surface area contributed by atoms with Crippen molar-refractivity contribution in [2.75, 3.05) is 6.61 Å². The van der Waals surface area contributed by atoms with E-state index in [-0.39, 0.29) is 6.10 Å². The van der Waals surface area contributed by atoms with Gasteiger partial charge in [-0.2, -0.15) is 0 Å². The third kappa shape index (κ3) is 1.58. The fourth-order valence-corrected chi connectivity index (χ4v) is 2.56. The Morgan fingerprint density at radius 1 is 1.47 bits per heavy atom. The molecule has 2 N–H and O–H groups in total. The topological polar surface area (TPSA) is 53.1 Å². The highest BCUT2D eigenvalue weighted by atomic mass is 16.5. The summed E-state index contributed by atoms with van der Waals surface area (Å²) in [4.78, 5) is 4.50. The van der Waals surface area contributed by atoms with E-state index in [9.17, 15) is 0 Å². The molecule has 0 radical (unpaired) electrons. The first-order chi connectivity index (χ1) is 7.34. The Balaban J connectivity index is 1.92. The van der Waals surface area contributed by atoms with Gasteiger partial charge in [0.05, 0.1) is 12.0 Å². The summed E-state index contributed by atoms with van der Waals surface area (Å²) < 4.78 is 7.92. The molecule has 0 bridgehead atoms. The number of aryl methyl sites for hydroxylation is 1. The molecule has 1 aromatic rings. The van der Waals surface area contributed by atoms with Gasteiger partial charge >= 0.3 is 0 Å². The molecule has 4 nitrogen and oxygen atoms in total. The summed E-state index contributed by atoms with van der Waals surface area (Å²) in [6.07, 6.45) is 6.45. The molecule has 2 aliphatic heterocycles. The van der Waals surface area contributed by atoms with E-state index in [0.29, 0.717) is 6.04 Å². The second-order valence-corrected chi connectivity index (χ2v) is 4.52. The van der Waals surface area contributed by atoms with Crippen molar-refractivity contribution in [2.45, 2.75) is 44.4 Å². The average molecular weight is 207 g/mol. The predicted octanol–water partition coefficient (Wildman–Crippen LogP) is 1.01. The molecule has 1 fully saturated rings. The maximum absolute atomic E-state index is 5.99. The van der Waals surface area contributed by atoms with Crippen molar-refractivity contribution in [3.8, 4) is 0 Å². The Labute approximate surface area is 89.4 Å². The quantitative estimate of drug-likeness (QED) is 0.747. The van der Waals surface area contributed by atoms with E-state index in [2.05, 4.69) is 9.55 Å². The number of aromatic nitrogens is 2. The van der Waals surface area contributed by atoms with Gasteiger partial charge in [0.2, 0.25) is 0 Å². The molecule has 1 saturated heterocycles. The second kappa shape index (κ2) is 3.61. The third-order valence-electron chi connectivity index (χ3n) is 3.41. The molecule has 82 valence electrons. The van der Waals surface area contributed by atoms with Gasteiger partial charge in [0.1, 0.15) is 6.10 Å². The maximum Gasteiger partial charge on any atom is 0.101 e. The largest absolute Gasteiger partial charge is 0.372 e. The molecule has 0 aliphatic carbocycles. The zero-order chi connectivity index (χ0) is 10.3. The number of nitrogens with two attached hydrogens (primary N) is 1. The Morgan fingerprint density at radius 2 is 2.40 bits per heavy atom. The minimum atomic E-state index is 0.228. The van der Waals surface area contributed by atoms with E-state index in [1.165, 1.54) is 5.69 Å². The van der Waals surface area contributed by atoms with Gasteiger partial charge in [0, 0.05) is 31.3 Å². The summed E-state index contributed by atoms with van der Waals surface area (Å²) in [5.74, 6) is 0. The molecular formula is C11H17N3O. The number of fused-ring (bicyclic) bond motifs is 1. The van der Waals surface area contributed by atoms with Crippen molar-refractivity contribution in [3.05, 3.63) is 17.7 Å². The van der Waals surface area contributed by atoms with Crippen LogP contribution in [0.2, 0.25) is 0 Å². The van der Waals surface area contributed by atoms with E-state index in [4.69, 9.17) is 10.5 Å².